The monoisotopic (exact) mass is 326 g/mol. The Balaban J connectivity index is 2.68. The minimum absolute atomic E-state index is 0.0982. The van der Waals surface area contributed by atoms with E-state index in [1.54, 1.807) is 0 Å². The van der Waals surface area contributed by atoms with E-state index in [1.165, 1.54) is 32.8 Å². The third-order valence-electron chi connectivity index (χ3n) is 5.88. The van der Waals surface area contributed by atoms with Crippen molar-refractivity contribution >= 4 is 5.78 Å². The van der Waals surface area contributed by atoms with Crippen molar-refractivity contribution in [1.29, 1.82) is 0 Å². The topological polar surface area (TPSA) is 37.3 Å². The van der Waals surface area contributed by atoms with Crippen LogP contribution in [0.3, 0.4) is 0 Å². The molecule has 0 aromatic carbocycles. The van der Waals surface area contributed by atoms with Crippen LogP contribution in [0.25, 0.3) is 0 Å². The van der Waals surface area contributed by atoms with Gasteiger partial charge in [-0.15, -0.1) is 0 Å². The van der Waals surface area contributed by atoms with E-state index in [9.17, 15) is 14.3 Å². The van der Waals surface area contributed by atoms with Crippen molar-refractivity contribution in [1.82, 2.24) is 0 Å². The Morgan fingerprint density at radius 1 is 1.26 bits per heavy atom. The number of hydrogen-bond donors (Lipinski definition) is 1. The largest absolute Gasteiger partial charge is 0.512 e. The minimum Gasteiger partial charge on any atom is -0.512 e. The van der Waals surface area contributed by atoms with E-state index in [1.807, 2.05) is 6.92 Å². The first-order valence-electron chi connectivity index (χ1n) is 9.29. The highest BCUT2D eigenvalue weighted by Crippen LogP contribution is 2.45. The molecule has 1 rings (SSSR count). The molecule has 1 unspecified atom stereocenters. The molecule has 0 spiro atoms. The van der Waals surface area contributed by atoms with Crippen LogP contribution in [-0.2, 0) is 4.79 Å². The van der Waals surface area contributed by atoms with Crippen molar-refractivity contribution < 1.29 is 14.3 Å². The molecule has 1 fully saturated rings. The van der Waals surface area contributed by atoms with Gasteiger partial charge in [-0.2, -0.15) is 0 Å². The zero-order chi connectivity index (χ0) is 17.7. The van der Waals surface area contributed by atoms with E-state index < -0.39 is 5.67 Å². The summed E-state index contributed by atoms with van der Waals surface area (Å²) >= 11 is 0. The summed E-state index contributed by atoms with van der Waals surface area (Å²) in [4.78, 5) is 12.3. The van der Waals surface area contributed by atoms with Crippen LogP contribution < -0.4 is 0 Å². The predicted molar refractivity (Wildman–Crippen MR) is 94.3 cm³/mol. The molecule has 0 heterocycles. The van der Waals surface area contributed by atoms with Gasteiger partial charge in [-0.25, -0.2) is 4.39 Å². The minimum atomic E-state index is -1.35. The van der Waals surface area contributed by atoms with Crippen LogP contribution in [0.15, 0.2) is 11.8 Å². The highest BCUT2D eigenvalue weighted by atomic mass is 19.1. The maximum absolute atomic E-state index is 13.8. The smallest absolute Gasteiger partial charge is 0.162 e. The second-order valence-electron chi connectivity index (χ2n) is 7.98. The number of alkyl halides is 1. The number of aliphatic hydroxyl groups excluding tert-OH is 1. The number of ketones is 1. The Morgan fingerprint density at radius 3 is 2.17 bits per heavy atom. The molecule has 0 aromatic rings. The molecule has 1 aliphatic rings. The molecule has 23 heavy (non-hydrogen) atoms. The first kappa shape index (κ1) is 20.2. The molecule has 1 saturated carbocycles. The lowest BCUT2D eigenvalue weighted by atomic mass is 9.67. The SMILES string of the molecule is CCC(CC(C)(C)F)C(=O)/C=C(\O)C1CCC(CC)(CC)CC1. The second kappa shape index (κ2) is 8.30. The van der Waals surface area contributed by atoms with Gasteiger partial charge in [0.1, 0.15) is 5.67 Å². The molecule has 0 radical (unpaired) electrons. The lowest BCUT2D eigenvalue weighted by Gasteiger charge is -2.39. The Morgan fingerprint density at radius 2 is 1.78 bits per heavy atom. The molecule has 0 aromatic heterocycles. The maximum Gasteiger partial charge on any atom is 0.162 e. The Labute approximate surface area is 141 Å². The van der Waals surface area contributed by atoms with E-state index >= 15 is 0 Å². The molecule has 3 heteroatoms. The molecule has 0 saturated heterocycles. The summed E-state index contributed by atoms with van der Waals surface area (Å²) in [5.74, 6) is -0.156. The average Bonchev–Trinajstić information content (AvgIpc) is 2.51. The van der Waals surface area contributed by atoms with E-state index in [0.29, 0.717) is 11.8 Å². The van der Waals surface area contributed by atoms with Crippen molar-refractivity contribution in [2.75, 3.05) is 0 Å². The summed E-state index contributed by atoms with van der Waals surface area (Å²) in [7, 11) is 0. The number of aliphatic hydroxyl groups is 1. The van der Waals surface area contributed by atoms with Gasteiger partial charge >= 0.3 is 0 Å². The van der Waals surface area contributed by atoms with Gasteiger partial charge in [0.15, 0.2) is 5.78 Å². The summed E-state index contributed by atoms with van der Waals surface area (Å²) in [5.41, 5.74) is -0.933. The van der Waals surface area contributed by atoms with Gasteiger partial charge in [-0.3, -0.25) is 4.79 Å². The Hall–Kier alpha value is -0.860. The van der Waals surface area contributed by atoms with Crippen LogP contribution in [0.1, 0.15) is 86.0 Å². The van der Waals surface area contributed by atoms with Crippen LogP contribution in [0.4, 0.5) is 4.39 Å². The molecule has 1 N–H and O–H groups in total. The van der Waals surface area contributed by atoms with Gasteiger partial charge in [-0.1, -0.05) is 33.6 Å². The van der Waals surface area contributed by atoms with Gasteiger partial charge in [0.2, 0.25) is 0 Å². The summed E-state index contributed by atoms with van der Waals surface area (Å²) in [6, 6.07) is 0. The maximum atomic E-state index is 13.8. The molecular formula is C20H35FO2. The molecule has 2 nitrogen and oxygen atoms in total. The Bertz CT molecular complexity index is 406. The Kier molecular flexibility index (Phi) is 7.29. The lowest BCUT2D eigenvalue weighted by molar-refractivity contribution is -0.119. The number of halogens is 1. The van der Waals surface area contributed by atoms with E-state index in [0.717, 1.165) is 25.7 Å². The third kappa shape index (κ3) is 5.93. The second-order valence-corrected chi connectivity index (χ2v) is 7.98. The van der Waals surface area contributed by atoms with Crippen molar-refractivity contribution in [3.63, 3.8) is 0 Å². The van der Waals surface area contributed by atoms with Gasteiger partial charge < -0.3 is 5.11 Å². The zero-order valence-electron chi connectivity index (χ0n) is 15.6. The van der Waals surface area contributed by atoms with Crippen LogP contribution in [0.5, 0.6) is 0 Å². The van der Waals surface area contributed by atoms with Crippen LogP contribution >= 0.6 is 0 Å². The summed E-state index contributed by atoms with van der Waals surface area (Å²) in [5, 5.41) is 10.3. The van der Waals surface area contributed by atoms with Crippen molar-refractivity contribution in [2.45, 2.75) is 91.7 Å². The van der Waals surface area contributed by atoms with Crippen LogP contribution in [-0.4, -0.2) is 16.6 Å². The summed E-state index contributed by atoms with van der Waals surface area (Å²) in [6.07, 6.45) is 8.70. The van der Waals surface area contributed by atoms with Crippen molar-refractivity contribution in [2.24, 2.45) is 17.3 Å². The van der Waals surface area contributed by atoms with E-state index in [4.69, 9.17) is 0 Å². The van der Waals surface area contributed by atoms with E-state index in [-0.39, 0.29) is 29.8 Å². The van der Waals surface area contributed by atoms with Gasteiger partial charge in [0, 0.05) is 17.9 Å². The van der Waals surface area contributed by atoms with Gasteiger partial charge in [-0.05, 0) is 57.8 Å². The summed E-state index contributed by atoms with van der Waals surface area (Å²) in [6.45, 7) is 9.39. The number of hydrogen-bond acceptors (Lipinski definition) is 2. The molecule has 0 bridgehead atoms. The highest BCUT2D eigenvalue weighted by molar-refractivity contribution is 5.92. The van der Waals surface area contributed by atoms with E-state index in [2.05, 4.69) is 13.8 Å². The normalized spacial score (nSPS) is 21.2. The molecule has 134 valence electrons. The third-order valence-corrected chi connectivity index (χ3v) is 5.88. The quantitative estimate of drug-likeness (QED) is 0.428. The molecule has 1 aliphatic carbocycles. The fourth-order valence-corrected chi connectivity index (χ4v) is 3.90. The number of allylic oxidation sites excluding steroid dienone is 2. The molecular weight excluding hydrogens is 291 g/mol. The van der Waals surface area contributed by atoms with Crippen molar-refractivity contribution in [3.05, 3.63) is 11.8 Å². The van der Waals surface area contributed by atoms with Gasteiger partial charge in [0.25, 0.3) is 0 Å². The predicted octanol–water partition coefficient (Wildman–Crippen LogP) is 6.16. The molecule has 1 atom stereocenters. The fraction of sp³-hybridized carbons (Fsp3) is 0.850. The molecule has 0 aliphatic heterocycles. The fourth-order valence-electron chi connectivity index (χ4n) is 3.90. The average molecular weight is 326 g/mol. The summed E-state index contributed by atoms with van der Waals surface area (Å²) < 4.78 is 13.8. The zero-order valence-corrected chi connectivity index (χ0v) is 15.6. The lowest BCUT2D eigenvalue weighted by Crippen LogP contribution is -2.27. The first-order chi connectivity index (χ1) is 10.7. The molecule has 0 amide bonds. The number of rotatable bonds is 8. The van der Waals surface area contributed by atoms with Crippen LogP contribution in [0.2, 0.25) is 0 Å². The van der Waals surface area contributed by atoms with Crippen molar-refractivity contribution in [3.8, 4) is 0 Å². The first-order valence-corrected chi connectivity index (χ1v) is 9.29. The van der Waals surface area contributed by atoms with Crippen LogP contribution in [0, 0.1) is 17.3 Å². The van der Waals surface area contributed by atoms with Gasteiger partial charge in [0.05, 0.1) is 5.76 Å². The number of carbonyl (C=O) groups is 1. The highest BCUT2D eigenvalue weighted by Gasteiger charge is 2.34. The standard InChI is InChI=1S/C20H35FO2/c1-6-15(14-19(4,5)21)17(22)13-18(23)16-9-11-20(7-2,8-3)12-10-16/h13,15-16,23H,6-12,14H2,1-5H3/b18-13-. The number of carbonyl (C=O) groups excluding carboxylic acids is 1.